The smallest absolute Gasteiger partial charge is 0.258 e. The highest BCUT2D eigenvalue weighted by Crippen LogP contribution is 2.25. The maximum absolute atomic E-state index is 13.8. The van der Waals surface area contributed by atoms with Crippen molar-refractivity contribution in [2.24, 2.45) is 5.92 Å². The number of hydrogen-bond donors (Lipinski definition) is 0. The van der Waals surface area contributed by atoms with Crippen LogP contribution < -0.4 is 0 Å². The maximum Gasteiger partial charge on any atom is 0.258 e. The molecule has 2 rings (SSSR count). The minimum atomic E-state index is -0.542. The Morgan fingerprint density at radius 3 is 3.00 bits per heavy atom. The Bertz CT molecular complexity index is 447. The van der Waals surface area contributed by atoms with Crippen molar-refractivity contribution in [3.05, 3.63) is 34.6 Å². The average molecular weight is 349 g/mol. The van der Waals surface area contributed by atoms with Gasteiger partial charge in [0.2, 0.25) is 0 Å². The van der Waals surface area contributed by atoms with Crippen LogP contribution >= 0.6 is 27.5 Å². The summed E-state index contributed by atoms with van der Waals surface area (Å²) < 4.78 is 13.8. The number of carbonyl (C=O) groups excluding carboxylic acids is 1. The van der Waals surface area contributed by atoms with Crippen molar-refractivity contribution < 1.29 is 9.18 Å². The van der Waals surface area contributed by atoms with Gasteiger partial charge in [0.1, 0.15) is 5.82 Å². The van der Waals surface area contributed by atoms with Gasteiger partial charge in [0, 0.05) is 18.4 Å². The van der Waals surface area contributed by atoms with E-state index in [1.165, 1.54) is 12.1 Å². The first-order valence-corrected chi connectivity index (χ1v) is 7.92. The minimum absolute atomic E-state index is 0.00339. The molecule has 5 heteroatoms. The molecule has 1 saturated heterocycles. The summed E-state index contributed by atoms with van der Waals surface area (Å²) in [5.41, 5.74) is 0.00339. The molecule has 0 bridgehead atoms. The Balaban J connectivity index is 2.15. The van der Waals surface area contributed by atoms with Gasteiger partial charge in [-0.3, -0.25) is 4.79 Å². The molecule has 2 nitrogen and oxygen atoms in total. The topological polar surface area (TPSA) is 20.3 Å². The molecule has 0 radical (unpaired) electrons. The van der Waals surface area contributed by atoms with Gasteiger partial charge in [0.15, 0.2) is 0 Å². The van der Waals surface area contributed by atoms with Crippen LogP contribution in [0.5, 0.6) is 0 Å². The Hall–Kier alpha value is -0.610. The first-order valence-electron chi connectivity index (χ1n) is 6.42. The highest BCUT2D eigenvalue weighted by atomic mass is 79.9. The molecule has 1 amide bonds. The lowest BCUT2D eigenvalue weighted by molar-refractivity contribution is 0.0667. The normalized spacial score (nSPS) is 19.5. The van der Waals surface area contributed by atoms with Gasteiger partial charge in [0.25, 0.3) is 5.91 Å². The van der Waals surface area contributed by atoms with E-state index in [2.05, 4.69) is 15.9 Å². The first kappa shape index (κ1) is 14.8. The van der Waals surface area contributed by atoms with Crippen LogP contribution in [0.2, 0.25) is 5.02 Å². The van der Waals surface area contributed by atoms with Crippen molar-refractivity contribution in [3.8, 4) is 0 Å². The molecule has 1 aromatic rings. The number of rotatable bonds is 3. The van der Waals surface area contributed by atoms with E-state index in [9.17, 15) is 9.18 Å². The van der Waals surface area contributed by atoms with Crippen LogP contribution in [0.3, 0.4) is 0 Å². The molecule has 0 aromatic heterocycles. The second-order valence-electron chi connectivity index (χ2n) is 4.83. The molecular weight excluding hydrogens is 333 g/mol. The summed E-state index contributed by atoms with van der Waals surface area (Å²) >= 11 is 9.37. The van der Waals surface area contributed by atoms with E-state index < -0.39 is 5.82 Å². The number of amides is 1. The monoisotopic (exact) mass is 347 g/mol. The molecule has 0 aliphatic carbocycles. The molecule has 0 saturated carbocycles. The molecule has 104 valence electrons. The number of alkyl halides is 1. The van der Waals surface area contributed by atoms with E-state index in [4.69, 9.17) is 11.6 Å². The minimum Gasteiger partial charge on any atom is -0.338 e. The van der Waals surface area contributed by atoms with Crippen molar-refractivity contribution in [1.29, 1.82) is 0 Å². The van der Waals surface area contributed by atoms with Crippen LogP contribution in [0.4, 0.5) is 4.39 Å². The molecule has 1 fully saturated rings. The summed E-state index contributed by atoms with van der Waals surface area (Å²) in [5.74, 6) is -0.342. The van der Waals surface area contributed by atoms with Crippen molar-refractivity contribution in [3.63, 3.8) is 0 Å². The molecule has 1 heterocycles. The fourth-order valence-electron chi connectivity index (χ4n) is 2.50. The van der Waals surface area contributed by atoms with E-state index in [1.54, 1.807) is 11.0 Å². The van der Waals surface area contributed by atoms with E-state index >= 15 is 0 Å². The van der Waals surface area contributed by atoms with Crippen LogP contribution in [0, 0.1) is 11.7 Å². The third-order valence-corrected chi connectivity index (χ3v) is 4.27. The summed E-state index contributed by atoms with van der Waals surface area (Å²) in [7, 11) is 0. The van der Waals surface area contributed by atoms with E-state index in [-0.39, 0.29) is 16.5 Å². The van der Waals surface area contributed by atoms with Gasteiger partial charge in [-0.2, -0.15) is 0 Å². The largest absolute Gasteiger partial charge is 0.338 e. The van der Waals surface area contributed by atoms with Crippen molar-refractivity contribution in [2.75, 3.05) is 18.4 Å². The molecule has 0 spiro atoms. The molecule has 1 atom stereocenters. The number of likely N-dealkylation sites (tertiary alicyclic amines) is 1. The molecule has 1 aromatic carbocycles. The standard InChI is InChI=1S/C14H16BrClFNO/c15-7-6-10-3-2-8-18(9-10)14(19)13-11(16)4-1-5-12(13)17/h1,4-5,10H,2-3,6-9H2. The third-order valence-electron chi connectivity index (χ3n) is 3.50. The summed E-state index contributed by atoms with van der Waals surface area (Å²) in [5, 5.41) is 1.12. The summed E-state index contributed by atoms with van der Waals surface area (Å²) in [6.07, 6.45) is 3.13. The molecule has 19 heavy (non-hydrogen) atoms. The number of halogens is 3. The van der Waals surface area contributed by atoms with Gasteiger partial charge in [-0.05, 0) is 37.3 Å². The summed E-state index contributed by atoms with van der Waals surface area (Å²) in [6, 6.07) is 4.34. The fourth-order valence-corrected chi connectivity index (χ4v) is 3.39. The maximum atomic E-state index is 13.8. The third kappa shape index (κ3) is 3.48. The molecular formula is C14H16BrClFNO. The van der Waals surface area contributed by atoms with Gasteiger partial charge in [-0.15, -0.1) is 0 Å². The van der Waals surface area contributed by atoms with Gasteiger partial charge < -0.3 is 4.90 Å². The Kier molecular flexibility index (Phi) is 5.22. The fraction of sp³-hybridized carbons (Fsp3) is 0.500. The highest BCUT2D eigenvalue weighted by Gasteiger charge is 2.27. The molecule has 0 N–H and O–H groups in total. The Morgan fingerprint density at radius 1 is 1.53 bits per heavy atom. The zero-order valence-electron chi connectivity index (χ0n) is 10.5. The van der Waals surface area contributed by atoms with Crippen molar-refractivity contribution in [2.45, 2.75) is 19.3 Å². The zero-order valence-corrected chi connectivity index (χ0v) is 12.9. The van der Waals surface area contributed by atoms with Crippen LogP contribution in [-0.2, 0) is 0 Å². The lowest BCUT2D eigenvalue weighted by Crippen LogP contribution is -2.40. The Morgan fingerprint density at radius 2 is 2.32 bits per heavy atom. The van der Waals surface area contributed by atoms with Crippen molar-refractivity contribution in [1.82, 2.24) is 4.90 Å². The van der Waals surface area contributed by atoms with E-state index in [1.807, 2.05) is 0 Å². The molecule has 1 aliphatic rings. The van der Waals surface area contributed by atoms with Crippen LogP contribution in [0.25, 0.3) is 0 Å². The van der Waals surface area contributed by atoms with Crippen molar-refractivity contribution >= 4 is 33.4 Å². The van der Waals surface area contributed by atoms with E-state index in [0.717, 1.165) is 24.6 Å². The second kappa shape index (κ2) is 6.71. The van der Waals surface area contributed by atoms with Crippen LogP contribution in [0.1, 0.15) is 29.6 Å². The Labute approximate surface area is 126 Å². The molecule has 1 unspecified atom stereocenters. The predicted molar refractivity (Wildman–Crippen MR) is 78.4 cm³/mol. The summed E-state index contributed by atoms with van der Waals surface area (Å²) in [6.45, 7) is 1.37. The second-order valence-corrected chi connectivity index (χ2v) is 6.03. The van der Waals surface area contributed by atoms with Crippen LogP contribution in [0.15, 0.2) is 18.2 Å². The lowest BCUT2D eigenvalue weighted by Gasteiger charge is -2.32. The first-order chi connectivity index (χ1) is 9.13. The lowest BCUT2D eigenvalue weighted by atomic mass is 9.95. The number of hydrogen-bond acceptors (Lipinski definition) is 1. The molecule has 1 aliphatic heterocycles. The number of benzene rings is 1. The predicted octanol–water partition coefficient (Wildman–Crippen LogP) is 4.12. The zero-order chi connectivity index (χ0) is 13.8. The van der Waals surface area contributed by atoms with Gasteiger partial charge in [-0.1, -0.05) is 33.6 Å². The number of nitrogens with zero attached hydrogens (tertiary/aromatic N) is 1. The van der Waals surface area contributed by atoms with Gasteiger partial charge in [-0.25, -0.2) is 4.39 Å². The van der Waals surface area contributed by atoms with E-state index in [0.29, 0.717) is 19.0 Å². The van der Waals surface area contributed by atoms with Gasteiger partial charge in [0.05, 0.1) is 10.6 Å². The van der Waals surface area contributed by atoms with Crippen LogP contribution in [-0.4, -0.2) is 29.2 Å². The quantitative estimate of drug-likeness (QED) is 0.753. The number of piperidine rings is 1. The average Bonchev–Trinajstić information content (AvgIpc) is 2.39. The highest BCUT2D eigenvalue weighted by molar-refractivity contribution is 9.09. The SMILES string of the molecule is O=C(c1c(F)cccc1Cl)N1CCCC(CCBr)C1. The number of carbonyl (C=O) groups is 1. The van der Waals surface area contributed by atoms with Gasteiger partial charge >= 0.3 is 0 Å². The summed E-state index contributed by atoms with van der Waals surface area (Å²) in [4.78, 5) is 14.1.